The highest BCUT2D eigenvalue weighted by molar-refractivity contribution is 5.77. The lowest BCUT2D eigenvalue weighted by Gasteiger charge is -2.31. The van der Waals surface area contributed by atoms with Gasteiger partial charge in [-0.3, -0.25) is 4.79 Å². The summed E-state index contributed by atoms with van der Waals surface area (Å²) < 4.78 is 10.4. The van der Waals surface area contributed by atoms with Gasteiger partial charge in [0.2, 0.25) is 5.91 Å². The van der Waals surface area contributed by atoms with E-state index in [1.807, 2.05) is 13.8 Å². The lowest BCUT2D eigenvalue weighted by molar-refractivity contribution is -0.142. The van der Waals surface area contributed by atoms with Crippen LogP contribution in [0, 0.1) is 0 Å². The van der Waals surface area contributed by atoms with Gasteiger partial charge in [-0.2, -0.15) is 0 Å². The van der Waals surface area contributed by atoms with Gasteiger partial charge >= 0.3 is 0 Å². The second-order valence-electron chi connectivity index (χ2n) is 3.16. The number of carbonyl (C=O) groups is 1. The van der Waals surface area contributed by atoms with Gasteiger partial charge < -0.3 is 14.4 Å². The summed E-state index contributed by atoms with van der Waals surface area (Å²) in [5.74, 6) is 0.0667. The van der Waals surface area contributed by atoms with Crippen LogP contribution in [0.2, 0.25) is 0 Å². The smallest absolute Gasteiger partial charge is 0.248 e. The summed E-state index contributed by atoms with van der Waals surface area (Å²) in [6.45, 7) is 6.66. The van der Waals surface area contributed by atoms with Crippen LogP contribution in [0.25, 0.3) is 0 Å². The fourth-order valence-corrected chi connectivity index (χ4v) is 1.33. The van der Waals surface area contributed by atoms with Crippen LogP contribution < -0.4 is 0 Å². The number of morpholine rings is 1. The number of amides is 1. The second-order valence-corrected chi connectivity index (χ2v) is 3.16. The largest absolute Gasteiger partial charge is 0.375 e. The van der Waals surface area contributed by atoms with E-state index in [1.165, 1.54) is 0 Å². The summed E-state index contributed by atoms with van der Waals surface area (Å²) in [5.41, 5.74) is 0. The zero-order valence-corrected chi connectivity index (χ0v) is 8.28. The topological polar surface area (TPSA) is 38.8 Å². The second kappa shape index (κ2) is 5.19. The zero-order chi connectivity index (χ0) is 9.68. The van der Waals surface area contributed by atoms with Gasteiger partial charge in [-0.1, -0.05) is 0 Å². The zero-order valence-electron chi connectivity index (χ0n) is 8.28. The minimum atomic E-state index is 0.0667. The highest BCUT2D eigenvalue weighted by Gasteiger charge is 2.20. The normalized spacial score (nSPS) is 23.2. The molecule has 0 spiro atoms. The van der Waals surface area contributed by atoms with Crippen LogP contribution in [0.5, 0.6) is 0 Å². The molecular formula is C9H17NO3. The van der Waals surface area contributed by atoms with Crippen molar-refractivity contribution >= 4 is 5.91 Å². The molecule has 0 radical (unpaired) electrons. The molecule has 4 nitrogen and oxygen atoms in total. The van der Waals surface area contributed by atoms with Crippen molar-refractivity contribution in [2.75, 3.05) is 32.9 Å². The summed E-state index contributed by atoms with van der Waals surface area (Å²) in [6, 6.07) is 0. The van der Waals surface area contributed by atoms with E-state index in [0.717, 1.165) is 0 Å². The molecule has 4 heteroatoms. The molecule has 1 heterocycles. The van der Waals surface area contributed by atoms with Crippen LogP contribution in [-0.2, 0) is 14.3 Å². The number of ether oxygens (including phenoxy) is 2. The highest BCUT2D eigenvalue weighted by atomic mass is 16.5. The van der Waals surface area contributed by atoms with Crippen molar-refractivity contribution in [1.29, 1.82) is 0 Å². The van der Waals surface area contributed by atoms with Crippen LogP contribution in [0.4, 0.5) is 0 Å². The molecular weight excluding hydrogens is 170 g/mol. The van der Waals surface area contributed by atoms with Crippen molar-refractivity contribution in [1.82, 2.24) is 4.90 Å². The third kappa shape index (κ3) is 3.32. The maximum atomic E-state index is 11.4. The minimum Gasteiger partial charge on any atom is -0.375 e. The summed E-state index contributed by atoms with van der Waals surface area (Å²) in [5, 5.41) is 0. The van der Waals surface area contributed by atoms with Gasteiger partial charge in [0, 0.05) is 19.7 Å². The van der Waals surface area contributed by atoms with E-state index in [-0.39, 0.29) is 18.6 Å². The Morgan fingerprint density at radius 1 is 1.69 bits per heavy atom. The Morgan fingerprint density at radius 2 is 2.46 bits per heavy atom. The van der Waals surface area contributed by atoms with Crippen LogP contribution >= 0.6 is 0 Å². The van der Waals surface area contributed by atoms with E-state index < -0.39 is 0 Å². The molecule has 0 aromatic heterocycles. The molecule has 0 bridgehead atoms. The van der Waals surface area contributed by atoms with Gasteiger partial charge in [-0.15, -0.1) is 0 Å². The average Bonchev–Trinajstić information content (AvgIpc) is 2.14. The molecule has 1 atom stereocenters. The fraction of sp³-hybridized carbons (Fsp3) is 0.889. The van der Waals surface area contributed by atoms with Gasteiger partial charge in [-0.25, -0.2) is 0 Å². The monoisotopic (exact) mass is 187 g/mol. The van der Waals surface area contributed by atoms with Crippen LogP contribution in [0.15, 0.2) is 0 Å². The molecule has 1 saturated heterocycles. The van der Waals surface area contributed by atoms with E-state index in [9.17, 15) is 4.79 Å². The molecule has 13 heavy (non-hydrogen) atoms. The molecule has 1 rings (SSSR count). The van der Waals surface area contributed by atoms with Gasteiger partial charge in [0.15, 0.2) is 0 Å². The molecule has 1 aliphatic rings. The lowest BCUT2D eigenvalue weighted by atomic mass is 10.3. The average molecular weight is 187 g/mol. The Labute approximate surface area is 78.8 Å². The van der Waals surface area contributed by atoms with Crippen molar-refractivity contribution < 1.29 is 14.3 Å². The Kier molecular flexibility index (Phi) is 4.18. The summed E-state index contributed by atoms with van der Waals surface area (Å²) >= 11 is 0. The SMILES string of the molecule is CCOCC(=O)N1CCOC(C)C1. The molecule has 1 amide bonds. The number of carbonyl (C=O) groups excluding carboxylic acids is 1. The van der Waals surface area contributed by atoms with Crippen molar-refractivity contribution in [3.63, 3.8) is 0 Å². The minimum absolute atomic E-state index is 0.0667. The molecule has 1 aliphatic heterocycles. The van der Waals surface area contributed by atoms with Gasteiger partial charge in [0.05, 0.1) is 12.7 Å². The molecule has 76 valence electrons. The van der Waals surface area contributed by atoms with Gasteiger partial charge in [0.25, 0.3) is 0 Å². The standard InChI is InChI=1S/C9H17NO3/c1-3-12-7-9(11)10-4-5-13-8(2)6-10/h8H,3-7H2,1-2H3. The quantitative estimate of drug-likeness (QED) is 0.636. The number of hydrogen-bond acceptors (Lipinski definition) is 3. The molecule has 0 N–H and O–H groups in total. The van der Waals surface area contributed by atoms with Crippen molar-refractivity contribution in [3.05, 3.63) is 0 Å². The fourth-order valence-electron chi connectivity index (χ4n) is 1.33. The molecule has 1 fully saturated rings. The van der Waals surface area contributed by atoms with E-state index in [1.54, 1.807) is 4.90 Å². The highest BCUT2D eigenvalue weighted by Crippen LogP contribution is 2.04. The molecule has 0 aliphatic carbocycles. The molecule has 0 aromatic rings. The first kappa shape index (κ1) is 10.5. The molecule has 0 saturated carbocycles. The number of nitrogens with zero attached hydrogens (tertiary/aromatic N) is 1. The first-order chi connectivity index (χ1) is 6.24. The van der Waals surface area contributed by atoms with E-state index in [4.69, 9.17) is 9.47 Å². The maximum absolute atomic E-state index is 11.4. The third-order valence-corrected chi connectivity index (χ3v) is 2.02. The first-order valence-corrected chi connectivity index (χ1v) is 4.71. The van der Waals surface area contributed by atoms with Crippen LogP contribution in [-0.4, -0.2) is 49.8 Å². The van der Waals surface area contributed by atoms with Gasteiger partial charge in [-0.05, 0) is 13.8 Å². The predicted molar refractivity (Wildman–Crippen MR) is 48.5 cm³/mol. The third-order valence-electron chi connectivity index (χ3n) is 2.02. The molecule has 1 unspecified atom stereocenters. The van der Waals surface area contributed by atoms with E-state index >= 15 is 0 Å². The van der Waals surface area contributed by atoms with E-state index in [2.05, 4.69) is 0 Å². The van der Waals surface area contributed by atoms with Crippen LogP contribution in [0.1, 0.15) is 13.8 Å². The Balaban J connectivity index is 2.28. The Hall–Kier alpha value is -0.610. The predicted octanol–water partition coefficient (Wildman–Crippen LogP) is 0.270. The van der Waals surface area contributed by atoms with E-state index in [0.29, 0.717) is 26.3 Å². The summed E-state index contributed by atoms with van der Waals surface area (Å²) in [6.07, 6.45) is 0.152. The van der Waals surface area contributed by atoms with Crippen molar-refractivity contribution in [3.8, 4) is 0 Å². The van der Waals surface area contributed by atoms with Crippen LogP contribution in [0.3, 0.4) is 0 Å². The Morgan fingerprint density at radius 3 is 3.08 bits per heavy atom. The van der Waals surface area contributed by atoms with Crippen molar-refractivity contribution in [2.45, 2.75) is 20.0 Å². The lowest BCUT2D eigenvalue weighted by Crippen LogP contribution is -2.45. The number of hydrogen-bond donors (Lipinski definition) is 0. The first-order valence-electron chi connectivity index (χ1n) is 4.71. The van der Waals surface area contributed by atoms with Crippen molar-refractivity contribution in [2.24, 2.45) is 0 Å². The maximum Gasteiger partial charge on any atom is 0.248 e. The number of rotatable bonds is 3. The summed E-state index contributed by atoms with van der Waals surface area (Å²) in [7, 11) is 0. The van der Waals surface area contributed by atoms with Gasteiger partial charge in [0.1, 0.15) is 6.61 Å². The summed E-state index contributed by atoms with van der Waals surface area (Å²) in [4.78, 5) is 13.2. The molecule has 0 aromatic carbocycles. The Bertz CT molecular complexity index is 172.